The Balaban J connectivity index is 2.06. The molecule has 3 rings (SSSR count). The molecule has 3 aromatic rings. The Bertz CT molecular complexity index is 664. The molecule has 0 amide bonds. The van der Waals surface area contributed by atoms with E-state index in [-0.39, 0.29) is 0 Å². The van der Waals surface area contributed by atoms with Crippen molar-refractivity contribution in [3.63, 3.8) is 0 Å². The van der Waals surface area contributed by atoms with Crippen LogP contribution in [-0.2, 0) is 5.33 Å². The van der Waals surface area contributed by atoms with E-state index in [9.17, 15) is 0 Å². The number of hydrogen-bond donors (Lipinski definition) is 0. The number of hydrogen-bond acceptors (Lipinski definition) is 2. The normalized spacial score (nSPS) is 10.7. The molecule has 90 valence electrons. The Hall–Kier alpha value is -1.81. The number of fused-ring (bicyclic) bond motifs is 1. The molecule has 0 bridgehead atoms. The lowest BCUT2D eigenvalue weighted by Crippen LogP contribution is -1.91. The van der Waals surface area contributed by atoms with Gasteiger partial charge in [0.05, 0.1) is 5.69 Å². The molecule has 0 aliphatic heterocycles. The summed E-state index contributed by atoms with van der Waals surface area (Å²) in [6.45, 7) is 0. The average molecular weight is 303 g/mol. The molecule has 0 radical (unpaired) electrons. The Morgan fingerprint density at radius 3 is 2.61 bits per heavy atom. The zero-order valence-corrected chi connectivity index (χ0v) is 11.2. The minimum absolute atomic E-state index is 0.643. The second-order valence-corrected chi connectivity index (χ2v) is 4.40. The predicted molar refractivity (Wildman–Crippen MR) is 74.3 cm³/mol. The first-order valence-corrected chi connectivity index (χ1v) is 6.75. The van der Waals surface area contributed by atoms with Crippen molar-refractivity contribution >= 4 is 21.6 Å². The van der Waals surface area contributed by atoms with Crippen LogP contribution in [-0.4, -0.2) is 9.38 Å². The molecule has 18 heavy (non-hydrogen) atoms. The molecule has 2 heterocycles. The van der Waals surface area contributed by atoms with Crippen LogP contribution in [0.1, 0.15) is 5.69 Å². The average Bonchev–Trinajstić information content (AvgIpc) is 2.77. The lowest BCUT2D eigenvalue weighted by atomic mass is 10.3. The van der Waals surface area contributed by atoms with Crippen LogP contribution in [0.15, 0.2) is 54.7 Å². The summed E-state index contributed by atoms with van der Waals surface area (Å²) in [5.74, 6) is 1.44. The molecule has 0 saturated heterocycles. The van der Waals surface area contributed by atoms with Gasteiger partial charge in [-0.2, -0.15) is 4.98 Å². The van der Waals surface area contributed by atoms with Gasteiger partial charge in [-0.1, -0.05) is 40.2 Å². The van der Waals surface area contributed by atoms with Gasteiger partial charge in [0.25, 0.3) is 0 Å². The Kier molecular flexibility index (Phi) is 3.02. The molecule has 0 saturated carbocycles. The fraction of sp³-hybridized carbons (Fsp3) is 0.0714. The topological polar surface area (TPSA) is 26.5 Å². The number of rotatable bonds is 3. The molecule has 0 atom stereocenters. The van der Waals surface area contributed by atoms with E-state index in [2.05, 4.69) is 20.9 Å². The second-order valence-electron chi connectivity index (χ2n) is 3.84. The van der Waals surface area contributed by atoms with Crippen LogP contribution in [0, 0.1) is 0 Å². The van der Waals surface area contributed by atoms with Crippen molar-refractivity contribution in [1.82, 2.24) is 9.38 Å². The number of pyridine rings is 1. The first-order chi connectivity index (χ1) is 8.88. The monoisotopic (exact) mass is 302 g/mol. The quantitative estimate of drug-likeness (QED) is 0.683. The van der Waals surface area contributed by atoms with Crippen LogP contribution in [0.5, 0.6) is 11.6 Å². The van der Waals surface area contributed by atoms with Crippen LogP contribution in [0.3, 0.4) is 0 Å². The van der Waals surface area contributed by atoms with Gasteiger partial charge < -0.3 is 4.74 Å². The smallest absolute Gasteiger partial charge is 0.242 e. The molecule has 0 spiro atoms. The Morgan fingerprint density at radius 1 is 1.06 bits per heavy atom. The Morgan fingerprint density at radius 2 is 1.83 bits per heavy atom. The van der Waals surface area contributed by atoms with E-state index in [1.54, 1.807) is 0 Å². The number of benzene rings is 1. The second kappa shape index (κ2) is 4.82. The van der Waals surface area contributed by atoms with Gasteiger partial charge in [-0.05, 0) is 24.3 Å². The number of halogens is 1. The van der Waals surface area contributed by atoms with Gasteiger partial charge >= 0.3 is 0 Å². The maximum atomic E-state index is 5.82. The third-order valence-electron chi connectivity index (χ3n) is 2.68. The predicted octanol–water partition coefficient (Wildman–Crippen LogP) is 4.02. The molecule has 1 aromatic carbocycles. The van der Waals surface area contributed by atoms with E-state index < -0.39 is 0 Å². The van der Waals surface area contributed by atoms with Gasteiger partial charge in [0.1, 0.15) is 11.4 Å². The van der Waals surface area contributed by atoms with Gasteiger partial charge in [-0.25, -0.2) is 0 Å². The van der Waals surface area contributed by atoms with E-state index in [0.29, 0.717) is 11.2 Å². The van der Waals surface area contributed by atoms with Crippen molar-refractivity contribution in [1.29, 1.82) is 0 Å². The molecule has 4 heteroatoms. The lowest BCUT2D eigenvalue weighted by molar-refractivity contribution is 0.462. The summed E-state index contributed by atoms with van der Waals surface area (Å²) < 4.78 is 7.84. The van der Waals surface area contributed by atoms with Crippen molar-refractivity contribution in [2.75, 3.05) is 0 Å². The molecular weight excluding hydrogens is 292 g/mol. The lowest BCUT2D eigenvalue weighted by Gasteiger charge is -2.03. The highest BCUT2D eigenvalue weighted by Gasteiger charge is 2.12. The van der Waals surface area contributed by atoms with E-state index in [0.717, 1.165) is 17.1 Å². The summed E-state index contributed by atoms with van der Waals surface area (Å²) in [6.07, 6.45) is 1.98. The number of nitrogens with zero attached hydrogens (tertiary/aromatic N) is 2. The van der Waals surface area contributed by atoms with Crippen molar-refractivity contribution in [2.45, 2.75) is 5.33 Å². The third-order valence-corrected chi connectivity index (χ3v) is 3.21. The Labute approximate surface area is 113 Å². The summed E-state index contributed by atoms with van der Waals surface area (Å²) in [5.41, 5.74) is 1.90. The van der Waals surface area contributed by atoms with E-state index in [4.69, 9.17) is 4.74 Å². The van der Waals surface area contributed by atoms with Gasteiger partial charge in [-0.3, -0.25) is 4.40 Å². The van der Waals surface area contributed by atoms with Gasteiger partial charge in [0.2, 0.25) is 5.88 Å². The summed E-state index contributed by atoms with van der Waals surface area (Å²) in [4.78, 5) is 4.49. The highest BCUT2D eigenvalue weighted by Crippen LogP contribution is 2.27. The number of para-hydroxylation sites is 1. The maximum Gasteiger partial charge on any atom is 0.242 e. The summed E-state index contributed by atoms with van der Waals surface area (Å²) in [7, 11) is 0. The molecule has 0 fully saturated rings. The van der Waals surface area contributed by atoms with Crippen molar-refractivity contribution in [2.24, 2.45) is 0 Å². The van der Waals surface area contributed by atoms with E-state index in [1.807, 2.05) is 59.1 Å². The molecule has 0 N–H and O–H groups in total. The van der Waals surface area contributed by atoms with Gasteiger partial charge in [0.15, 0.2) is 0 Å². The summed E-state index contributed by atoms with van der Waals surface area (Å²) in [5, 5.41) is 0.695. The number of aromatic nitrogens is 2. The van der Waals surface area contributed by atoms with E-state index >= 15 is 0 Å². The SMILES string of the molecule is BrCc1c(Oc2ccccc2)nc2ccccn12. The first-order valence-electron chi connectivity index (χ1n) is 5.63. The van der Waals surface area contributed by atoms with Crippen molar-refractivity contribution in [3.8, 4) is 11.6 Å². The molecule has 0 unspecified atom stereocenters. The molecule has 0 aliphatic rings. The van der Waals surface area contributed by atoms with Crippen LogP contribution < -0.4 is 4.74 Å². The first kappa shape index (κ1) is 11.3. The van der Waals surface area contributed by atoms with Gasteiger partial charge in [-0.15, -0.1) is 0 Å². The van der Waals surface area contributed by atoms with Crippen molar-refractivity contribution < 1.29 is 4.74 Å². The standard InChI is InChI=1S/C14H11BrN2O/c15-10-12-14(18-11-6-2-1-3-7-11)16-13-8-4-5-9-17(12)13/h1-9H,10H2. The number of alkyl halides is 1. The molecule has 2 aromatic heterocycles. The highest BCUT2D eigenvalue weighted by molar-refractivity contribution is 9.08. The summed E-state index contributed by atoms with van der Waals surface area (Å²) >= 11 is 3.48. The van der Waals surface area contributed by atoms with Crippen LogP contribution in [0.2, 0.25) is 0 Å². The number of imidazole rings is 1. The highest BCUT2D eigenvalue weighted by atomic mass is 79.9. The van der Waals surface area contributed by atoms with E-state index in [1.165, 1.54) is 0 Å². The fourth-order valence-electron chi connectivity index (χ4n) is 1.83. The number of ether oxygens (including phenoxy) is 1. The zero-order valence-electron chi connectivity index (χ0n) is 9.58. The van der Waals surface area contributed by atoms with Gasteiger partial charge in [0, 0.05) is 11.5 Å². The molecule has 3 nitrogen and oxygen atoms in total. The zero-order chi connectivity index (χ0) is 12.4. The minimum Gasteiger partial charge on any atom is -0.437 e. The molecular formula is C14H11BrN2O. The fourth-order valence-corrected chi connectivity index (χ4v) is 2.34. The van der Waals surface area contributed by atoms with Crippen molar-refractivity contribution in [3.05, 3.63) is 60.4 Å². The minimum atomic E-state index is 0.643. The van der Waals surface area contributed by atoms with Crippen LogP contribution >= 0.6 is 15.9 Å². The molecule has 0 aliphatic carbocycles. The third kappa shape index (κ3) is 1.99. The largest absolute Gasteiger partial charge is 0.437 e. The van der Waals surface area contributed by atoms with Crippen LogP contribution in [0.25, 0.3) is 5.65 Å². The maximum absolute atomic E-state index is 5.82. The summed E-state index contributed by atoms with van der Waals surface area (Å²) in [6, 6.07) is 15.6. The van der Waals surface area contributed by atoms with Crippen LogP contribution in [0.4, 0.5) is 0 Å².